The van der Waals surface area contributed by atoms with Gasteiger partial charge in [0.15, 0.2) is 9.84 Å². The molecular weight excluding hydrogens is 248 g/mol. The molecule has 1 heterocycles. The van der Waals surface area contributed by atoms with Crippen molar-refractivity contribution in [2.24, 2.45) is 5.73 Å². The van der Waals surface area contributed by atoms with Crippen molar-refractivity contribution in [3.05, 3.63) is 30.3 Å². The van der Waals surface area contributed by atoms with Crippen LogP contribution in [0.25, 0.3) is 0 Å². The van der Waals surface area contributed by atoms with E-state index in [0.29, 0.717) is 12.3 Å². The summed E-state index contributed by atoms with van der Waals surface area (Å²) in [4.78, 5) is 2.19. The van der Waals surface area contributed by atoms with Gasteiger partial charge in [-0.2, -0.15) is 0 Å². The van der Waals surface area contributed by atoms with Crippen molar-refractivity contribution in [2.45, 2.75) is 18.9 Å². The number of rotatable bonds is 5. The third-order valence-electron chi connectivity index (χ3n) is 3.34. The maximum absolute atomic E-state index is 11.6. The molecule has 0 bridgehead atoms. The monoisotopic (exact) mass is 268 g/mol. The number of benzene rings is 1. The fraction of sp³-hybridized carbons (Fsp3) is 0.538. The quantitative estimate of drug-likeness (QED) is 0.866. The summed E-state index contributed by atoms with van der Waals surface area (Å²) in [5, 5.41) is 0. The largest absolute Gasteiger partial charge is 0.367 e. The van der Waals surface area contributed by atoms with Gasteiger partial charge in [0.05, 0.1) is 11.5 Å². The second-order valence-corrected chi connectivity index (χ2v) is 6.96. The van der Waals surface area contributed by atoms with Crippen molar-refractivity contribution in [3.63, 3.8) is 0 Å². The summed E-state index contributed by atoms with van der Waals surface area (Å²) in [5.74, 6) is 0.579. The molecule has 1 fully saturated rings. The molecule has 0 spiro atoms. The van der Waals surface area contributed by atoms with Gasteiger partial charge in [-0.1, -0.05) is 18.2 Å². The van der Waals surface area contributed by atoms with E-state index < -0.39 is 9.84 Å². The molecule has 2 rings (SSSR count). The van der Waals surface area contributed by atoms with Gasteiger partial charge in [0.2, 0.25) is 0 Å². The average Bonchev–Trinajstić information content (AvgIpc) is 2.72. The van der Waals surface area contributed by atoms with E-state index in [1.165, 1.54) is 0 Å². The van der Waals surface area contributed by atoms with Crippen LogP contribution in [0.3, 0.4) is 0 Å². The van der Waals surface area contributed by atoms with Gasteiger partial charge in [0.25, 0.3) is 0 Å². The summed E-state index contributed by atoms with van der Waals surface area (Å²) in [6.07, 6.45) is 1.60. The first-order valence-corrected chi connectivity index (χ1v) is 8.17. The molecule has 1 aliphatic rings. The number of hydrogen-bond acceptors (Lipinski definition) is 4. The lowest BCUT2D eigenvalue weighted by Crippen LogP contribution is -2.37. The highest BCUT2D eigenvalue weighted by molar-refractivity contribution is 7.91. The van der Waals surface area contributed by atoms with E-state index in [2.05, 4.69) is 4.90 Å². The van der Waals surface area contributed by atoms with Gasteiger partial charge in [-0.15, -0.1) is 0 Å². The Hall–Kier alpha value is -1.07. The van der Waals surface area contributed by atoms with E-state index in [9.17, 15) is 8.42 Å². The zero-order valence-corrected chi connectivity index (χ0v) is 11.3. The van der Waals surface area contributed by atoms with E-state index >= 15 is 0 Å². The minimum atomic E-state index is -2.85. The third-order valence-corrected chi connectivity index (χ3v) is 5.09. The first kappa shape index (κ1) is 13.4. The summed E-state index contributed by atoms with van der Waals surface area (Å²) in [5.41, 5.74) is 6.65. The van der Waals surface area contributed by atoms with Gasteiger partial charge in [0.1, 0.15) is 0 Å². The molecule has 100 valence electrons. The molecule has 1 aromatic rings. The lowest BCUT2D eigenvalue weighted by molar-refractivity contribution is 0.597. The van der Waals surface area contributed by atoms with Crippen LogP contribution < -0.4 is 10.6 Å². The Labute approximate surface area is 109 Å². The summed E-state index contributed by atoms with van der Waals surface area (Å²) < 4.78 is 23.2. The van der Waals surface area contributed by atoms with Crippen LogP contribution in [-0.2, 0) is 9.84 Å². The number of anilines is 1. The van der Waals surface area contributed by atoms with Crippen molar-refractivity contribution < 1.29 is 8.42 Å². The van der Waals surface area contributed by atoms with E-state index in [-0.39, 0.29) is 11.8 Å². The van der Waals surface area contributed by atoms with Crippen molar-refractivity contribution >= 4 is 15.5 Å². The topological polar surface area (TPSA) is 63.4 Å². The highest BCUT2D eigenvalue weighted by Crippen LogP contribution is 2.24. The Bertz CT molecular complexity index is 473. The SMILES string of the molecule is NCCCN(c1ccccc1)C1CCS(=O)(=O)C1. The van der Waals surface area contributed by atoms with Gasteiger partial charge in [0, 0.05) is 18.3 Å². The second kappa shape index (κ2) is 5.71. The van der Waals surface area contributed by atoms with Crippen molar-refractivity contribution in [2.75, 3.05) is 29.5 Å². The highest BCUT2D eigenvalue weighted by atomic mass is 32.2. The number of nitrogens with two attached hydrogens (primary N) is 1. The van der Waals surface area contributed by atoms with Crippen molar-refractivity contribution in [1.82, 2.24) is 0 Å². The Morgan fingerprint density at radius 3 is 2.56 bits per heavy atom. The van der Waals surface area contributed by atoms with Gasteiger partial charge in [-0.05, 0) is 31.5 Å². The molecule has 5 heteroatoms. The Morgan fingerprint density at radius 2 is 2.00 bits per heavy atom. The van der Waals surface area contributed by atoms with Crippen molar-refractivity contribution in [1.29, 1.82) is 0 Å². The number of hydrogen-bond donors (Lipinski definition) is 1. The van der Waals surface area contributed by atoms with Crippen LogP contribution in [0.5, 0.6) is 0 Å². The first-order chi connectivity index (χ1) is 8.62. The van der Waals surface area contributed by atoms with Crippen LogP contribution >= 0.6 is 0 Å². The standard InChI is InChI=1S/C13H20N2O2S/c14-8-4-9-15(12-5-2-1-3-6-12)13-7-10-18(16,17)11-13/h1-3,5-6,13H,4,7-11,14H2. The van der Waals surface area contributed by atoms with Gasteiger partial charge in [-0.25, -0.2) is 8.42 Å². The zero-order chi connectivity index (χ0) is 13.0. The van der Waals surface area contributed by atoms with Crippen LogP contribution in [0, 0.1) is 0 Å². The molecule has 4 nitrogen and oxygen atoms in total. The van der Waals surface area contributed by atoms with Crippen LogP contribution in [0.1, 0.15) is 12.8 Å². The van der Waals surface area contributed by atoms with Crippen LogP contribution in [-0.4, -0.2) is 39.1 Å². The lowest BCUT2D eigenvalue weighted by Gasteiger charge is -2.30. The zero-order valence-electron chi connectivity index (χ0n) is 10.5. The summed E-state index contributed by atoms with van der Waals surface area (Å²) in [6.45, 7) is 1.45. The second-order valence-electron chi connectivity index (χ2n) is 4.73. The summed E-state index contributed by atoms with van der Waals surface area (Å²) in [6, 6.07) is 10.1. The molecule has 0 aromatic heterocycles. The number of nitrogens with zero attached hydrogens (tertiary/aromatic N) is 1. The molecule has 1 atom stereocenters. The molecule has 1 aliphatic heterocycles. The molecule has 0 radical (unpaired) electrons. The van der Waals surface area contributed by atoms with E-state index in [1.807, 2.05) is 30.3 Å². The number of sulfone groups is 1. The van der Waals surface area contributed by atoms with E-state index in [4.69, 9.17) is 5.73 Å². The van der Waals surface area contributed by atoms with Gasteiger partial charge >= 0.3 is 0 Å². The van der Waals surface area contributed by atoms with E-state index in [1.54, 1.807) is 0 Å². The molecule has 0 aliphatic carbocycles. The Kier molecular flexibility index (Phi) is 4.24. The molecule has 1 saturated heterocycles. The fourth-order valence-electron chi connectivity index (χ4n) is 2.42. The molecule has 18 heavy (non-hydrogen) atoms. The van der Waals surface area contributed by atoms with Gasteiger partial charge < -0.3 is 10.6 Å². The molecule has 0 saturated carbocycles. The summed E-state index contributed by atoms with van der Waals surface area (Å²) >= 11 is 0. The average molecular weight is 268 g/mol. The van der Waals surface area contributed by atoms with E-state index in [0.717, 1.165) is 25.1 Å². The normalized spacial score (nSPS) is 21.9. The maximum atomic E-state index is 11.6. The molecule has 1 aromatic carbocycles. The predicted molar refractivity (Wildman–Crippen MR) is 74.5 cm³/mol. The van der Waals surface area contributed by atoms with Crippen LogP contribution in [0.15, 0.2) is 30.3 Å². The Balaban J connectivity index is 2.16. The maximum Gasteiger partial charge on any atom is 0.152 e. The Morgan fingerprint density at radius 1 is 1.28 bits per heavy atom. The fourth-order valence-corrected chi connectivity index (χ4v) is 4.16. The highest BCUT2D eigenvalue weighted by Gasteiger charge is 2.32. The number of para-hydroxylation sites is 1. The minimum absolute atomic E-state index is 0.101. The smallest absolute Gasteiger partial charge is 0.152 e. The summed E-state index contributed by atoms with van der Waals surface area (Å²) in [7, 11) is -2.85. The predicted octanol–water partition coefficient (Wildman–Crippen LogP) is 1.03. The van der Waals surface area contributed by atoms with Gasteiger partial charge in [-0.3, -0.25) is 0 Å². The third kappa shape index (κ3) is 3.23. The van der Waals surface area contributed by atoms with Crippen LogP contribution in [0.2, 0.25) is 0 Å². The van der Waals surface area contributed by atoms with Crippen LogP contribution in [0.4, 0.5) is 5.69 Å². The molecule has 2 N–H and O–H groups in total. The molecular formula is C13H20N2O2S. The first-order valence-electron chi connectivity index (χ1n) is 6.34. The minimum Gasteiger partial charge on any atom is -0.367 e. The molecule has 1 unspecified atom stereocenters. The van der Waals surface area contributed by atoms with Crippen molar-refractivity contribution in [3.8, 4) is 0 Å². The lowest BCUT2D eigenvalue weighted by atomic mass is 10.1. The molecule has 0 amide bonds.